The van der Waals surface area contributed by atoms with Gasteiger partial charge in [0.2, 0.25) is 0 Å². The monoisotopic (exact) mass is 323 g/mol. The van der Waals surface area contributed by atoms with Crippen LogP contribution in [0.2, 0.25) is 5.02 Å². The van der Waals surface area contributed by atoms with Crippen LogP contribution in [0.5, 0.6) is 0 Å². The van der Waals surface area contributed by atoms with Gasteiger partial charge in [0.25, 0.3) is 5.91 Å². The third-order valence-electron chi connectivity index (χ3n) is 3.75. The van der Waals surface area contributed by atoms with Crippen LogP contribution in [0, 0.1) is 0 Å². The second kappa shape index (κ2) is 8.03. The van der Waals surface area contributed by atoms with E-state index in [-0.39, 0.29) is 18.0 Å². The average Bonchev–Trinajstić information content (AvgIpc) is 2.54. The number of amides is 3. The number of halogens is 1. The van der Waals surface area contributed by atoms with Gasteiger partial charge in [0.15, 0.2) is 0 Å². The largest absolute Gasteiger partial charge is 0.349 e. The van der Waals surface area contributed by atoms with Gasteiger partial charge in [0, 0.05) is 36.3 Å². The molecule has 22 heavy (non-hydrogen) atoms. The molecule has 120 valence electrons. The van der Waals surface area contributed by atoms with Gasteiger partial charge in [-0.25, -0.2) is 4.79 Å². The molecule has 2 rings (SSSR count). The van der Waals surface area contributed by atoms with Crippen LogP contribution in [0.4, 0.5) is 4.79 Å². The summed E-state index contributed by atoms with van der Waals surface area (Å²) in [7, 11) is 0. The predicted octanol–water partition coefficient (Wildman–Crippen LogP) is 2.65. The third-order valence-corrected chi connectivity index (χ3v) is 4.00. The Morgan fingerprint density at radius 1 is 1.23 bits per heavy atom. The Morgan fingerprint density at radius 3 is 2.45 bits per heavy atom. The summed E-state index contributed by atoms with van der Waals surface area (Å²) in [6.45, 7) is 4.06. The van der Waals surface area contributed by atoms with Crippen molar-refractivity contribution in [3.05, 3.63) is 34.9 Å². The molecule has 1 aromatic rings. The van der Waals surface area contributed by atoms with Gasteiger partial charge in [-0.15, -0.1) is 0 Å². The summed E-state index contributed by atoms with van der Waals surface area (Å²) in [5.41, 5.74) is 0.604. The summed E-state index contributed by atoms with van der Waals surface area (Å²) in [4.78, 5) is 25.8. The van der Waals surface area contributed by atoms with E-state index in [4.69, 9.17) is 11.6 Å². The van der Waals surface area contributed by atoms with E-state index in [9.17, 15) is 9.59 Å². The van der Waals surface area contributed by atoms with E-state index >= 15 is 0 Å². The maximum Gasteiger partial charge on any atom is 0.317 e. The van der Waals surface area contributed by atoms with E-state index in [1.807, 2.05) is 6.92 Å². The standard InChI is InChI=1S/C16H22ClN3O2/c1-2-9-18-16(22)20-10-7-14(8-11-20)19-15(21)12-3-5-13(17)6-4-12/h3-6,14H,2,7-11H2,1H3,(H,18,22)(H,19,21). The molecule has 1 heterocycles. The number of hydrogen-bond acceptors (Lipinski definition) is 2. The summed E-state index contributed by atoms with van der Waals surface area (Å²) in [5.74, 6) is -0.0921. The SMILES string of the molecule is CCCNC(=O)N1CCC(NC(=O)c2ccc(Cl)cc2)CC1. The van der Waals surface area contributed by atoms with Crippen molar-refractivity contribution in [2.75, 3.05) is 19.6 Å². The van der Waals surface area contributed by atoms with Crippen molar-refractivity contribution < 1.29 is 9.59 Å². The smallest absolute Gasteiger partial charge is 0.317 e. The number of nitrogens with zero attached hydrogens (tertiary/aromatic N) is 1. The molecule has 5 nitrogen and oxygen atoms in total. The van der Waals surface area contributed by atoms with Gasteiger partial charge < -0.3 is 15.5 Å². The number of urea groups is 1. The Morgan fingerprint density at radius 2 is 1.86 bits per heavy atom. The number of nitrogens with one attached hydrogen (secondary N) is 2. The van der Waals surface area contributed by atoms with Gasteiger partial charge >= 0.3 is 6.03 Å². The zero-order valence-electron chi connectivity index (χ0n) is 12.8. The molecule has 0 saturated carbocycles. The molecule has 0 atom stereocenters. The van der Waals surface area contributed by atoms with Crippen molar-refractivity contribution in [1.29, 1.82) is 0 Å². The Balaban J connectivity index is 1.78. The molecular weight excluding hydrogens is 302 g/mol. The lowest BCUT2D eigenvalue weighted by Gasteiger charge is -2.32. The lowest BCUT2D eigenvalue weighted by atomic mass is 10.0. The summed E-state index contributed by atoms with van der Waals surface area (Å²) in [6.07, 6.45) is 2.48. The first-order chi connectivity index (χ1) is 10.6. The Hall–Kier alpha value is -1.75. The molecule has 1 aliphatic rings. The minimum Gasteiger partial charge on any atom is -0.349 e. The van der Waals surface area contributed by atoms with Crippen LogP contribution in [0.3, 0.4) is 0 Å². The number of likely N-dealkylation sites (tertiary alicyclic amines) is 1. The number of carbonyl (C=O) groups excluding carboxylic acids is 2. The molecule has 3 amide bonds. The average molecular weight is 324 g/mol. The molecule has 1 saturated heterocycles. The number of rotatable bonds is 4. The van der Waals surface area contributed by atoms with Crippen LogP contribution in [0.1, 0.15) is 36.5 Å². The highest BCUT2D eigenvalue weighted by atomic mass is 35.5. The Kier molecular flexibility index (Phi) is 6.07. The molecule has 6 heteroatoms. The van der Waals surface area contributed by atoms with E-state index in [0.29, 0.717) is 30.2 Å². The molecule has 0 spiro atoms. The van der Waals surface area contributed by atoms with E-state index in [2.05, 4.69) is 10.6 Å². The molecule has 1 fully saturated rings. The maximum atomic E-state index is 12.1. The zero-order valence-corrected chi connectivity index (χ0v) is 13.5. The van der Waals surface area contributed by atoms with Crippen LogP contribution in [-0.4, -0.2) is 42.5 Å². The van der Waals surface area contributed by atoms with Crippen LogP contribution in [0.15, 0.2) is 24.3 Å². The number of hydrogen-bond donors (Lipinski definition) is 2. The highest BCUT2D eigenvalue weighted by Gasteiger charge is 2.23. The van der Waals surface area contributed by atoms with Crippen molar-refractivity contribution in [3.63, 3.8) is 0 Å². The molecular formula is C16H22ClN3O2. The highest BCUT2D eigenvalue weighted by Crippen LogP contribution is 2.13. The zero-order chi connectivity index (χ0) is 15.9. The minimum absolute atomic E-state index is 0.00988. The molecule has 1 aliphatic heterocycles. The number of benzene rings is 1. The van der Waals surface area contributed by atoms with Crippen molar-refractivity contribution >= 4 is 23.5 Å². The Labute approximate surface area is 136 Å². The van der Waals surface area contributed by atoms with Crippen molar-refractivity contribution in [2.24, 2.45) is 0 Å². The van der Waals surface area contributed by atoms with Gasteiger partial charge in [-0.1, -0.05) is 18.5 Å². The van der Waals surface area contributed by atoms with Crippen molar-refractivity contribution in [3.8, 4) is 0 Å². The third kappa shape index (κ3) is 4.63. The maximum absolute atomic E-state index is 12.1. The lowest BCUT2D eigenvalue weighted by Crippen LogP contribution is -2.49. The van der Waals surface area contributed by atoms with Crippen LogP contribution >= 0.6 is 11.6 Å². The fourth-order valence-electron chi connectivity index (χ4n) is 2.44. The predicted molar refractivity (Wildman–Crippen MR) is 87.2 cm³/mol. The molecule has 0 aliphatic carbocycles. The van der Waals surface area contributed by atoms with Gasteiger partial charge in [0.05, 0.1) is 0 Å². The normalized spacial score (nSPS) is 15.5. The van der Waals surface area contributed by atoms with Gasteiger partial charge in [-0.3, -0.25) is 4.79 Å². The summed E-state index contributed by atoms with van der Waals surface area (Å²) in [6, 6.07) is 6.94. The second-order valence-corrected chi connectivity index (χ2v) is 5.91. The van der Waals surface area contributed by atoms with Gasteiger partial charge in [0.1, 0.15) is 0 Å². The molecule has 0 aromatic heterocycles. The summed E-state index contributed by atoms with van der Waals surface area (Å²) < 4.78 is 0. The van der Waals surface area contributed by atoms with Crippen molar-refractivity contribution in [1.82, 2.24) is 15.5 Å². The van der Waals surface area contributed by atoms with Crippen LogP contribution in [0.25, 0.3) is 0 Å². The van der Waals surface area contributed by atoms with E-state index in [1.165, 1.54) is 0 Å². The van der Waals surface area contributed by atoms with Gasteiger partial charge in [-0.05, 0) is 43.5 Å². The Bertz CT molecular complexity index is 511. The molecule has 1 aromatic carbocycles. The van der Waals surface area contributed by atoms with E-state index in [0.717, 1.165) is 19.3 Å². The second-order valence-electron chi connectivity index (χ2n) is 5.47. The number of carbonyl (C=O) groups is 2. The lowest BCUT2D eigenvalue weighted by molar-refractivity contribution is 0.0918. The van der Waals surface area contributed by atoms with E-state index < -0.39 is 0 Å². The topological polar surface area (TPSA) is 61.4 Å². The molecule has 0 unspecified atom stereocenters. The number of piperidine rings is 1. The molecule has 0 bridgehead atoms. The van der Waals surface area contributed by atoms with Crippen LogP contribution in [-0.2, 0) is 0 Å². The molecule has 2 N–H and O–H groups in total. The van der Waals surface area contributed by atoms with Gasteiger partial charge in [-0.2, -0.15) is 0 Å². The first-order valence-electron chi connectivity index (χ1n) is 7.69. The first kappa shape index (κ1) is 16.6. The van der Waals surface area contributed by atoms with E-state index in [1.54, 1.807) is 29.2 Å². The highest BCUT2D eigenvalue weighted by molar-refractivity contribution is 6.30. The summed E-state index contributed by atoms with van der Waals surface area (Å²) >= 11 is 5.81. The molecule has 0 radical (unpaired) electrons. The first-order valence-corrected chi connectivity index (χ1v) is 8.07. The fraction of sp³-hybridized carbons (Fsp3) is 0.500. The minimum atomic E-state index is -0.0921. The van der Waals surface area contributed by atoms with Crippen molar-refractivity contribution in [2.45, 2.75) is 32.2 Å². The van der Waals surface area contributed by atoms with Crippen LogP contribution < -0.4 is 10.6 Å². The quantitative estimate of drug-likeness (QED) is 0.895. The fourth-order valence-corrected chi connectivity index (χ4v) is 2.57. The summed E-state index contributed by atoms with van der Waals surface area (Å²) in [5, 5.41) is 6.51.